The summed E-state index contributed by atoms with van der Waals surface area (Å²) in [5, 5.41) is 9.20. The summed E-state index contributed by atoms with van der Waals surface area (Å²) in [6, 6.07) is 4.29. The Balaban J connectivity index is 1.97. The van der Waals surface area contributed by atoms with Crippen molar-refractivity contribution in [2.24, 2.45) is 0 Å². The zero-order chi connectivity index (χ0) is 13.8. The van der Waals surface area contributed by atoms with Crippen molar-refractivity contribution in [2.75, 3.05) is 18.4 Å². The molecule has 0 aromatic heterocycles. The fourth-order valence-corrected chi connectivity index (χ4v) is 2.13. The molecule has 3 N–H and O–H groups in total. The number of carbonyl (C=O) groups is 2. The Kier molecular flexibility index (Phi) is 4.63. The Morgan fingerprint density at radius 3 is 2.89 bits per heavy atom. The number of rotatable bonds is 3. The molecule has 2 amide bonds. The quantitative estimate of drug-likeness (QED) is 0.790. The maximum absolute atomic E-state index is 11.9. The first-order valence-corrected chi connectivity index (χ1v) is 6.58. The molecule has 1 aromatic rings. The monoisotopic (exact) mass is 301 g/mol. The number of halogens is 2. The maximum atomic E-state index is 11.9. The first-order chi connectivity index (χ1) is 9.06. The van der Waals surface area contributed by atoms with Crippen molar-refractivity contribution in [1.29, 1.82) is 0 Å². The molecule has 7 heteroatoms. The second-order valence-corrected chi connectivity index (χ2v) is 5.02. The molecule has 0 aliphatic carbocycles. The van der Waals surface area contributed by atoms with E-state index in [0.29, 0.717) is 28.8 Å². The van der Waals surface area contributed by atoms with Crippen molar-refractivity contribution in [3.05, 3.63) is 28.2 Å². The Hall–Kier alpha value is -1.30. The number of nitrogens with one attached hydrogen (secondary N) is 3. The molecule has 0 unspecified atom stereocenters. The molecule has 1 atom stereocenters. The van der Waals surface area contributed by atoms with E-state index in [4.69, 9.17) is 23.2 Å². The summed E-state index contributed by atoms with van der Waals surface area (Å²) < 4.78 is 0. The molecular formula is C12H13Cl2N3O2. The molecule has 19 heavy (non-hydrogen) atoms. The minimum absolute atomic E-state index is 0.0503. The minimum Gasteiger partial charge on any atom is -0.353 e. The van der Waals surface area contributed by atoms with Gasteiger partial charge in [-0.3, -0.25) is 9.59 Å². The highest BCUT2D eigenvalue weighted by molar-refractivity contribution is 6.35. The summed E-state index contributed by atoms with van der Waals surface area (Å²) in [7, 11) is 0. The van der Waals surface area contributed by atoms with Gasteiger partial charge in [-0.05, 0) is 18.2 Å². The summed E-state index contributed by atoms with van der Waals surface area (Å²) in [5.74, 6) is -0.461. The van der Waals surface area contributed by atoms with Gasteiger partial charge in [0.15, 0.2) is 0 Å². The summed E-state index contributed by atoms with van der Waals surface area (Å²) in [6.07, 6.45) is 0.0503. The van der Waals surface area contributed by atoms with Crippen LogP contribution in [0.2, 0.25) is 10.0 Å². The summed E-state index contributed by atoms with van der Waals surface area (Å²) >= 11 is 11.8. The highest BCUT2D eigenvalue weighted by atomic mass is 35.5. The molecule has 0 saturated carbocycles. The Morgan fingerprint density at radius 1 is 1.37 bits per heavy atom. The first-order valence-electron chi connectivity index (χ1n) is 5.82. The van der Waals surface area contributed by atoms with Crippen LogP contribution in [0, 0.1) is 0 Å². The molecule has 2 rings (SSSR count). The maximum Gasteiger partial charge on any atom is 0.237 e. The summed E-state index contributed by atoms with van der Waals surface area (Å²) in [4.78, 5) is 23.4. The van der Waals surface area contributed by atoms with Gasteiger partial charge in [0.25, 0.3) is 0 Å². The predicted molar refractivity (Wildman–Crippen MR) is 74.5 cm³/mol. The topological polar surface area (TPSA) is 70.2 Å². The average Bonchev–Trinajstić information content (AvgIpc) is 2.37. The van der Waals surface area contributed by atoms with E-state index in [0.717, 1.165) is 0 Å². The molecule has 1 aromatic carbocycles. The number of piperazine rings is 1. The lowest BCUT2D eigenvalue weighted by atomic mass is 10.1. The van der Waals surface area contributed by atoms with Crippen molar-refractivity contribution in [3.8, 4) is 0 Å². The van der Waals surface area contributed by atoms with Crippen LogP contribution in [0.1, 0.15) is 6.42 Å². The van der Waals surface area contributed by atoms with Gasteiger partial charge in [-0.15, -0.1) is 0 Å². The van der Waals surface area contributed by atoms with E-state index in [1.807, 2.05) is 0 Å². The van der Waals surface area contributed by atoms with Gasteiger partial charge in [0.1, 0.15) is 0 Å². The zero-order valence-corrected chi connectivity index (χ0v) is 11.5. The van der Waals surface area contributed by atoms with Gasteiger partial charge < -0.3 is 16.0 Å². The van der Waals surface area contributed by atoms with E-state index in [2.05, 4.69) is 16.0 Å². The van der Waals surface area contributed by atoms with Gasteiger partial charge >= 0.3 is 0 Å². The summed E-state index contributed by atoms with van der Waals surface area (Å²) in [5.41, 5.74) is 0.440. The third-order valence-corrected chi connectivity index (χ3v) is 3.29. The van der Waals surface area contributed by atoms with Gasteiger partial charge in [-0.2, -0.15) is 0 Å². The number of anilines is 1. The van der Waals surface area contributed by atoms with E-state index in [1.54, 1.807) is 18.2 Å². The van der Waals surface area contributed by atoms with Gasteiger partial charge in [-0.25, -0.2) is 0 Å². The van der Waals surface area contributed by atoms with Crippen LogP contribution in [0.3, 0.4) is 0 Å². The van der Waals surface area contributed by atoms with Crippen LogP contribution >= 0.6 is 23.2 Å². The minimum atomic E-state index is -0.508. The van der Waals surface area contributed by atoms with Crippen molar-refractivity contribution in [3.63, 3.8) is 0 Å². The van der Waals surface area contributed by atoms with Crippen LogP contribution < -0.4 is 16.0 Å². The molecule has 1 saturated heterocycles. The fourth-order valence-electron chi connectivity index (χ4n) is 1.79. The standard InChI is InChI=1S/C12H13Cl2N3O2/c13-7-1-2-8(14)9(5-7)17-11(18)6-10-12(19)16-4-3-15-10/h1-2,5,10,15H,3-4,6H2,(H,16,19)(H,17,18)/t10-/m0/s1. The normalized spacial score (nSPS) is 18.8. The van der Waals surface area contributed by atoms with Crippen molar-refractivity contribution >= 4 is 40.7 Å². The second-order valence-electron chi connectivity index (χ2n) is 4.17. The number of benzene rings is 1. The highest BCUT2D eigenvalue weighted by Gasteiger charge is 2.24. The average molecular weight is 302 g/mol. The lowest BCUT2D eigenvalue weighted by Gasteiger charge is -2.23. The molecule has 0 spiro atoms. The number of hydrogen-bond acceptors (Lipinski definition) is 3. The molecule has 1 heterocycles. The number of hydrogen-bond donors (Lipinski definition) is 3. The van der Waals surface area contributed by atoms with E-state index >= 15 is 0 Å². The molecule has 0 bridgehead atoms. The van der Waals surface area contributed by atoms with Crippen LogP contribution in [-0.2, 0) is 9.59 Å². The van der Waals surface area contributed by atoms with Crippen LogP contribution in [0.4, 0.5) is 5.69 Å². The second kappa shape index (κ2) is 6.23. The van der Waals surface area contributed by atoms with Crippen molar-refractivity contribution in [1.82, 2.24) is 10.6 Å². The molecule has 102 valence electrons. The largest absolute Gasteiger partial charge is 0.353 e. The van der Waals surface area contributed by atoms with Crippen LogP contribution in [0.15, 0.2) is 18.2 Å². The molecule has 5 nitrogen and oxygen atoms in total. The van der Waals surface area contributed by atoms with Gasteiger partial charge in [-0.1, -0.05) is 23.2 Å². The highest BCUT2D eigenvalue weighted by Crippen LogP contribution is 2.25. The van der Waals surface area contributed by atoms with Crippen LogP contribution in [0.25, 0.3) is 0 Å². The number of carbonyl (C=O) groups excluding carboxylic acids is 2. The van der Waals surface area contributed by atoms with Gasteiger partial charge in [0.2, 0.25) is 11.8 Å². The van der Waals surface area contributed by atoms with Crippen LogP contribution in [0.5, 0.6) is 0 Å². The Morgan fingerprint density at radius 2 is 2.16 bits per heavy atom. The smallest absolute Gasteiger partial charge is 0.237 e. The molecular weight excluding hydrogens is 289 g/mol. The first kappa shape index (κ1) is 14.1. The SMILES string of the molecule is O=C(C[C@@H]1NCCNC1=O)Nc1cc(Cl)ccc1Cl. The van der Waals surface area contributed by atoms with Gasteiger partial charge in [0, 0.05) is 18.1 Å². The lowest BCUT2D eigenvalue weighted by Crippen LogP contribution is -2.53. The molecule has 1 fully saturated rings. The predicted octanol–water partition coefficient (Wildman–Crippen LogP) is 1.41. The summed E-state index contributed by atoms with van der Waals surface area (Å²) in [6.45, 7) is 1.23. The lowest BCUT2D eigenvalue weighted by molar-refractivity contribution is -0.127. The van der Waals surface area contributed by atoms with E-state index in [-0.39, 0.29) is 18.2 Å². The van der Waals surface area contributed by atoms with Gasteiger partial charge in [0.05, 0.1) is 23.2 Å². The molecule has 1 aliphatic rings. The number of amides is 2. The van der Waals surface area contributed by atoms with E-state index < -0.39 is 6.04 Å². The third kappa shape index (κ3) is 3.83. The van der Waals surface area contributed by atoms with Crippen molar-refractivity contribution < 1.29 is 9.59 Å². The van der Waals surface area contributed by atoms with E-state index in [1.165, 1.54) is 0 Å². The van der Waals surface area contributed by atoms with E-state index in [9.17, 15) is 9.59 Å². The third-order valence-electron chi connectivity index (χ3n) is 2.72. The van der Waals surface area contributed by atoms with Crippen molar-refractivity contribution in [2.45, 2.75) is 12.5 Å². The fraction of sp³-hybridized carbons (Fsp3) is 0.333. The molecule has 0 radical (unpaired) electrons. The van der Waals surface area contributed by atoms with Crippen LogP contribution in [-0.4, -0.2) is 30.9 Å². The molecule has 1 aliphatic heterocycles. The Bertz CT molecular complexity index is 508. The zero-order valence-electron chi connectivity index (χ0n) is 10.0. The Labute approximate surface area is 120 Å².